The summed E-state index contributed by atoms with van der Waals surface area (Å²) in [6.07, 6.45) is 0. The Balaban J connectivity index is 0.000000561. The molecule has 2 unspecified atom stereocenters. The first-order chi connectivity index (χ1) is 5.70. The van der Waals surface area contributed by atoms with Crippen LogP contribution in [0.15, 0.2) is 0 Å². The van der Waals surface area contributed by atoms with E-state index in [1.807, 2.05) is 13.8 Å². The Labute approximate surface area is 77.1 Å². The topological polar surface area (TPSA) is 24.1 Å². The minimum Gasteiger partial charge on any atom is -0.314 e. The third-order valence-electron chi connectivity index (χ3n) is 2.12. The van der Waals surface area contributed by atoms with Gasteiger partial charge in [0.05, 0.1) is 0 Å². The van der Waals surface area contributed by atoms with Crippen molar-refractivity contribution >= 4 is 0 Å². The van der Waals surface area contributed by atoms with Gasteiger partial charge >= 0.3 is 0 Å². The maximum absolute atomic E-state index is 3.55. The molecule has 2 heteroatoms. The van der Waals surface area contributed by atoms with E-state index in [1.165, 1.54) is 0 Å². The van der Waals surface area contributed by atoms with E-state index in [0.29, 0.717) is 12.1 Å². The summed E-state index contributed by atoms with van der Waals surface area (Å²) in [4.78, 5) is 0. The molecule has 1 aliphatic heterocycles. The van der Waals surface area contributed by atoms with E-state index in [1.54, 1.807) is 0 Å². The van der Waals surface area contributed by atoms with Crippen LogP contribution in [0.4, 0.5) is 0 Å². The maximum atomic E-state index is 3.55. The summed E-state index contributed by atoms with van der Waals surface area (Å²) >= 11 is 0. The van der Waals surface area contributed by atoms with Gasteiger partial charge in [-0.25, -0.2) is 0 Å². The van der Waals surface area contributed by atoms with Gasteiger partial charge in [-0.2, -0.15) is 0 Å². The smallest absolute Gasteiger partial charge is 0.0218 e. The van der Waals surface area contributed by atoms with Crippen molar-refractivity contribution in [1.29, 1.82) is 0 Å². The molecule has 0 spiro atoms. The third-order valence-corrected chi connectivity index (χ3v) is 2.12. The van der Waals surface area contributed by atoms with Crippen LogP contribution in [0.3, 0.4) is 0 Å². The van der Waals surface area contributed by atoms with Gasteiger partial charge in [-0.15, -0.1) is 0 Å². The van der Waals surface area contributed by atoms with Crippen LogP contribution in [0.2, 0.25) is 0 Å². The van der Waals surface area contributed by atoms with E-state index < -0.39 is 0 Å². The van der Waals surface area contributed by atoms with E-state index in [2.05, 4.69) is 31.4 Å². The van der Waals surface area contributed by atoms with E-state index in [9.17, 15) is 0 Å². The van der Waals surface area contributed by atoms with Gasteiger partial charge in [-0.05, 0) is 12.8 Å². The first-order valence-corrected chi connectivity index (χ1v) is 5.17. The van der Waals surface area contributed by atoms with Crippen LogP contribution >= 0.6 is 0 Å². The molecule has 1 fully saturated rings. The molecule has 0 aromatic rings. The Kier molecular flexibility index (Phi) is 6.39. The highest BCUT2D eigenvalue weighted by molar-refractivity contribution is 4.82. The Hall–Kier alpha value is -0.0800. The van der Waals surface area contributed by atoms with Crippen molar-refractivity contribution in [2.24, 2.45) is 5.92 Å². The summed E-state index contributed by atoms with van der Waals surface area (Å²) in [5.41, 5.74) is 0. The zero-order chi connectivity index (χ0) is 9.56. The molecule has 0 aliphatic carbocycles. The molecule has 0 aromatic carbocycles. The number of hydrogen-bond acceptors (Lipinski definition) is 2. The summed E-state index contributed by atoms with van der Waals surface area (Å²) < 4.78 is 0. The predicted molar refractivity (Wildman–Crippen MR) is 55.4 cm³/mol. The van der Waals surface area contributed by atoms with E-state index in [-0.39, 0.29) is 0 Å². The van der Waals surface area contributed by atoms with Crippen molar-refractivity contribution in [3.63, 3.8) is 0 Å². The highest BCUT2D eigenvalue weighted by Gasteiger charge is 2.19. The summed E-state index contributed by atoms with van der Waals surface area (Å²) in [7, 11) is 0. The largest absolute Gasteiger partial charge is 0.314 e. The van der Waals surface area contributed by atoms with Gasteiger partial charge in [0.25, 0.3) is 0 Å². The molecular formula is C10H24N2. The Morgan fingerprint density at radius 1 is 1.17 bits per heavy atom. The van der Waals surface area contributed by atoms with E-state index in [4.69, 9.17) is 0 Å². The van der Waals surface area contributed by atoms with Crippen LogP contribution in [0.1, 0.15) is 34.6 Å². The number of hydrogen-bond donors (Lipinski definition) is 2. The lowest BCUT2D eigenvalue weighted by molar-refractivity contribution is 0.296. The van der Waals surface area contributed by atoms with Crippen LogP contribution in [0.25, 0.3) is 0 Å². The Morgan fingerprint density at radius 2 is 1.75 bits per heavy atom. The van der Waals surface area contributed by atoms with Crippen molar-refractivity contribution in [3.05, 3.63) is 0 Å². The molecule has 1 saturated heterocycles. The lowest BCUT2D eigenvalue weighted by Gasteiger charge is -2.32. The average molecular weight is 172 g/mol. The number of rotatable bonds is 1. The normalized spacial score (nSPS) is 29.5. The van der Waals surface area contributed by atoms with Crippen LogP contribution in [-0.4, -0.2) is 25.2 Å². The van der Waals surface area contributed by atoms with Crippen molar-refractivity contribution in [2.75, 3.05) is 13.1 Å². The van der Waals surface area contributed by atoms with Gasteiger partial charge in [-0.1, -0.05) is 27.7 Å². The Morgan fingerprint density at radius 3 is 2.08 bits per heavy atom. The lowest BCUT2D eigenvalue weighted by atomic mass is 10.0. The SMILES string of the molecule is CC.CC1CNCC(C(C)C)N1. The standard InChI is InChI=1S/C8H18N2.C2H6/c1-6(2)8-5-9-4-7(3)10-8;1-2/h6-10H,4-5H2,1-3H3;1-2H3. The van der Waals surface area contributed by atoms with E-state index >= 15 is 0 Å². The molecule has 0 aromatic heterocycles. The third kappa shape index (κ3) is 4.07. The zero-order valence-corrected chi connectivity index (χ0v) is 9.15. The predicted octanol–water partition coefficient (Wildman–Crippen LogP) is 1.62. The van der Waals surface area contributed by atoms with Crippen molar-refractivity contribution in [2.45, 2.75) is 46.7 Å². The number of piperazine rings is 1. The van der Waals surface area contributed by atoms with Gasteiger partial charge in [-0.3, -0.25) is 0 Å². The number of nitrogens with one attached hydrogen (secondary N) is 2. The summed E-state index contributed by atoms with van der Waals surface area (Å²) in [5, 5.41) is 6.96. The quantitative estimate of drug-likeness (QED) is 0.628. The van der Waals surface area contributed by atoms with Crippen LogP contribution in [0, 0.1) is 5.92 Å². The maximum Gasteiger partial charge on any atom is 0.0218 e. The molecule has 2 N–H and O–H groups in total. The molecule has 0 bridgehead atoms. The first-order valence-electron chi connectivity index (χ1n) is 5.17. The highest BCUT2D eigenvalue weighted by atomic mass is 15.1. The second-order valence-electron chi connectivity index (χ2n) is 3.58. The Bertz CT molecular complexity index is 102. The molecule has 1 heterocycles. The highest BCUT2D eigenvalue weighted by Crippen LogP contribution is 2.04. The molecule has 74 valence electrons. The van der Waals surface area contributed by atoms with Gasteiger partial charge < -0.3 is 10.6 Å². The minimum atomic E-state index is 0.640. The second kappa shape index (κ2) is 6.44. The summed E-state index contributed by atoms with van der Waals surface area (Å²) in [6.45, 7) is 13.0. The molecule has 1 aliphatic rings. The lowest BCUT2D eigenvalue weighted by Crippen LogP contribution is -2.55. The summed E-state index contributed by atoms with van der Waals surface area (Å²) in [5.74, 6) is 0.746. The fourth-order valence-electron chi connectivity index (χ4n) is 1.37. The molecule has 0 saturated carbocycles. The molecule has 2 atom stereocenters. The van der Waals surface area contributed by atoms with Gasteiger partial charge in [0, 0.05) is 25.2 Å². The summed E-state index contributed by atoms with van der Waals surface area (Å²) in [6, 6.07) is 1.31. The zero-order valence-electron chi connectivity index (χ0n) is 9.15. The van der Waals surface area contributed by atoms with Crippen molar-refractivity contribution < 1.29 is 0 Å². The average Bonchev–Trinajstić information content (AvgIpc) is 2.08. The van der Waals surface area contributed by atoms with Gasteiger partial charge in [0.2, 0.25) is 0 Å². The molecule has 2 nitrogen and oxygen atoms in total. The van der Waals surface area contributed by atoms with Crippen molar-refractivity contribution in [3.8, 4) is 0 Å². The molecule has 0 amide bonds. The van der Waals surface area contributed by atoms with Gasteiger partial charge in [0.1, 0.15) is 0 Å². The molecule has 12 heavy (non-hydrogen) atoms. The van der Waals surface area contributed by atoms with Crippen LogP contribution in [0.5, 0.6) is 0 Å². The van der Waals surface area contributed by atoms with Crippen LogP contribution in [-0.2, 0) is 0 Å². The molecule has 0 radical (unpaired) electrons. The van der Waals surface area contributed by atoms with E-state index in [0.717, 1.165) is 19.0 Å². The van der Waals surface area contributed by atoms with Crippen molar-refractivity contribution in [1.82, 2.24) is 10.6 Å². The van der Waals surface area contributed by atoms with Gasteiger partial charge in [0.15, 0.2) is 0 Å². The van der Waals surface area contributed by atoms with Crippen LogP contribution < -0.4 is 10.6 Å². The second-order valence-corrected chi connectivity index (χ2v) is 3.58. The molecule has 1 rings (SSSR count). The fourth-order valence-corrected chi connectivity index (χ4v) is 1.37. The fraction of sp³-hybridized carbons (Fsp3) is 1.00. The monoisotopic (exact) mass is 172 g/mol. The molecular weight excluding hydrogens is 148 g/mol. The minimum absolute atomic E-state index is 0.640. The first kappa shape index (κ1) is 11.9.